The first kappa shape index (κ1) is 6.21. The SMILES string of the molecule is [Na+].[c-]1c[nH]cn1. The first-order valence-electron chi connectivity index (χ1n) is 1.35. The van der Waals surface area contributed by atoms with Crippen molar-refractivity contribution < 1.29 is 29.6 Å². The molecule has 0 aliphatic heterocycles. The van der Waals surface area contributed by atoms with Gasteiger partial charge in [0.15, 0.2) is 0 Å². The number of imidazole rings is 1. The summed E-state index contributed by atoms with van der Waals surface area (Å²) in [5, 5.41) is 0. The molecule has 0 bridgehead atoms. The standard InChI is InChI=1S/C3H3N2.Na/c1-2-5-3-4-1;/h1,3H,(H,4,5);/q-1;+1. The van der Waals surface area contributed by atoms with Crippen molar-refractivity contribution in [2.75, 3.05) is 0 Å². The van der Waals surface area contributed by atoms with Crippen LogP contribution in [0.5, 0.6) is 0 Å². The molecule has 26 valence electrons. The zero-order chi connectivity index (χ0) is 3.54. The van der Waals surface area contributed by atoms with Gasteiger partial charge in [-0.05, 0) is 0 Å². The van der Waals surface area contributed by atoms with E-state index in [0.717, 1.165) is 0 Å². The molecular weight excluding hydrogens is 87.0 g/mol. The Morgan fingerprint density at radius 1 is 1.67 bits per heavy atom. The van der Waals surface area contributed by atoms with Crippen molar-refractivity contribution in [3.05, 3.63) is 18.7 Å². The molecule has 0 aromatic carbocycles. The van der Waals surface area contributed by atoms with E-state index in [2.05, 4.69) is 16.2 Å². The maximum absolute atomic E-state index is 3.54. The van der Waals surface area contributed by atoms with Crippen LogP contribution in [0.25, 0.3) is 0 Å². The zero-order valence-corrected chi connectivity index (χ0v) is 5.60. The van der Waals surface area contributed by atoms with Gasteiger partial charge in [-0.15, -0.1) is 6.20 Å². The second-order valence-corrected chi connectivity index (χ2v) is 0.698. The van der Waals surface area contributed by atoms with Crippen LogP contribution in [0, 0.1) is 6.20 Å². The fraction of sp³-hybridized carbons (Fsp3) is 0. The van der Waals surface area contributed by atoms with Gasteiger partial charge in [0, 0.05) is 0 Å². The molecule has 0 unspecified atom stereocenters. The summed E-state index contributed by atoms with van der Waals surface area (Å²) in [4.78, 5) is 6.24. The molecular formula is C3H3N2Na. The van der Waals surface area contributed by atoms with E-state index in [-0.39, 0.29) is 29.6 Å². The van der Waals surface area contributed by atoms with Crippen LogP contribution in [0.4, 0.5) is 0 Å². The molecule has 1 aromatic heterocycles. The fourth-order valence-electron chi connectivity index (χ4n) is 0.186. The predicted octanol–water partition coefficient (Wildman–Crippen LogP) is -2.79. The maximum Gasteiger partial charge on any atom is 1.00 e. The van der Waals surface area contributed by atoms with Gasteiger partial charge in [0.05, 0.1) is 0 Å². The topological polar surface area (TPSA) is 28.7 Å². The van der Waals surface area contributed by atoms with Crippen LogP contribution in [-0.4, -0.2) is 9.97 Å². The molecule has 1 heterocycles. The number of rotatable bonds is 0. The molecule has 0 amide bonds. The molecule has 0 fully saturated rings. The van der Waals surface area contributed by atoms with E-state index >= 15 is 0 Å². The van der Waals surface area contributed by atoms with Crippen LogP contribution >= 0.6 is 0 Å². The molecule has 3 heteroatoms. The normalized spacial score (nSPS) is 6.67. The minimum atomic E-state index is 0. The van der Waals surface area contributed by atoms with Crippen molar-refractivity contribution in [1.29, 1.82) is 0 Å². The van der Waals surface area contributed by atoms with E-state index in [1.54, 1.807) is 12.5 Å². The largest absolute Gasteiger partial charge is 1.00 e. The number of hydrogen-bond donors (Lipinski definition) is 1. The van der Waals surface area contributed by atoms with Crippen LogP contribution in [0.2, 0.25) is 0 Å². The summed E-state index contributed by atoms with van der Waals surface area (Å²) in [7, 11) is 0. The number of nitrogens with one attached hydrogen (secondary N) is 1. The summed E-state index contributed by atoms with van der Waals surface area (Å²) in [5.41, 5.74) is 0. The van der Waals surface area contributed by atoms with Gasteiger partial charge in [0.25, 0.3) is 0 Å². The summed E-state index contributed by atoms with van der Waals surface area (Å²) in [6.45, 7) is 0. The van der Waals surface area contributed by atoms with E-state index < -0.39 is 0 Å². The summed E-state index contributed by atoms with van der Waals surface area (Å²) in [5.74, 6) is 0. The number of aromatic nitrogens is 2. The quantitative estimate of drug-likeness (QED) is 0.271. The van der Waals surface area contributed by atoms with Crippen molar-refractivity contribution >= 4 is 0 Å². The first-order valence-corrected chi connectivity index (χ1v) is 1.35. The summed E-state index contributed by atoms with van der Waals surface area (Å²) in [6.07, 6.45) is 5.76. The molecule has 0 aliphatic carbocycles. The molecule has 0 saturated heterocycles. The predicted molar refractivity (Wildman–Crippen MR) is 17.4 cm³/mol. The van der Waals surface area contributed by atoms with Crippen LogP contribution in [-0.2, 0) is 0 Å². The summed E-state index contributed by atoms with van der Waals surface area (Å²) >= 11 is 0. The molecule has 0 saturated carbocycles. The van der Waals surface area contributed by atoms with E-state index in [1.165, 1.54) is 0 Å². The molecule has 0 radical (unpaired) electrons. The van der Waals surface area contributed by atoms with E-state index in [9.17, 15) is 0 Å². The third-order valence-electron chi connectivity index (χ3n) is 0.362. The number of H-pyrrole nitrogens is 1. The van der Waals surface area contributed by atoms with Crippen molar-refractivity contribution in [1.82, 2.24) is 9.97 Å². The van der Waals surface area contributed by atoms with Crippen molar-refractivity contribution in [3.8, 4) is 0 Å². The fourth-order valence-corrected chi connectivity index (χ4v) is 0.186. The minimum absolute atomic E-state index is 0. The van der Waals surface area contributed by atoms with Gasteiger partial charge < -0.3 is 9.97 Å². The third kappa shape index (κ3) is 1.60. The third-order valence-corrected chi connectivity index (χ3v) is 0.362. The van der Waals surface area contributed by atoms with Crippen LogP contribution in [0.3, 0.4) is 0 Å². The molecule has 6 heavy (non-hydrogen) atoms. The second kappa shape index (κ2) is 3.40. The number of aromatic amines is 1. The van der Waals surface area contributed by atoms with E-state index in [1.807, 2.05) is 0 Å². The van der Waals surface area contributed by atoms with Crippen molar-refractivity contribution in [3.63, 3.8) is 0 Å². The van der Waals surface area contributed by atoms with Gasteiger partial charge in [0.2, 0.25) is 0 Å². The Kier molecular flexibility index (Phi) is 3.52. The van der Waals surface area contributed by atoms with E-state index in [4.69, 9.17) is 0 Å². The average molecular weight is 90.1 g/mol. The molecule has 2 nitrogen and oxygen atoms in total. The second-order valence-electron chi connectivity index (χ2n) is 0.698. The Hall–Kier alpha value is 0.210. The Morgan fingerprint density at radius 3 is 2.67 bits per heavy atom. The summed E-state index contributed by atoms with van der Waals surface area (Å²) < 4.78 is 0. The maximum atomic E-state index is 3.54. The monoisotopic (exact) mass is 90.0 g/mol. The van der Waals surface area contributed by atoms with Crippen LogP contribution in [0.15, 0.2) is 12.5 Å². The molecule has 0 spiro atoms. The Balaban J connectivity index is 0.000000250. The van der Waals surface area contributed by atoms with Crippen molar-refractivity contribution in [2.24, 2.45) is 0 Å². The molecule has 0 atom stereocenters. The molecule has 1 N–H and O–H groups in total. The zero-order valence-electron chi connectivity index (χ0n) is 3.60. The van der Waals surface area contributed by atoms with Gasteiger partial charge in [0.1, 0.15) is 0 Å². The van der Waals surface area contributed by atoms with Gasteiger partial charge in [-0.1, -0.05) is 12.5 Å². The molecule has 1 rings (SSSR count). The van der Waals surface area contributed by atoms with Crippen LogP contribution < -0.4 is 29.6 Å². The van der Waals surface area contributed by atoms with Gasteiger partial charge in [-0.2, -0.15) is 0 Å². The number of hydrogen-bond acceptors (Lipinski definition) is 1. The Morgan fingerprint density at radius 2 is 2.50 bits per heavy atom. The van der Waals surface area contributed by atoms with E-state index in [0.29, 0.717) is 0 Å². The first-order chi connectivity index (χ1) is 2.50. The summed E-state index contributed by atoms with van der Waals surface area (Å²) in [6, 6.07) is 0. The Labute approximate surface area is 58.3 Å². The van der Waals surface area contributed by atoms with Crippen molar-refractivity contribution in [2.45, 2.75) is 0 Å². The average Bonchev–Trinajstić information content (AvgIpc) is 1.76. The molecule has 1 aromatic rings. The Bertz CT molecular complexity index is 65.3. The number of nitrogens with zero attached hydrogens (tertiary/aromatic N) is 1. The smallest absolute Gasteiger partial charge is 0.444 e. The minimum Gasteiger partial charge on any atom is -0.444 e. The van der Waals surface area contributed by atoms with Gasteiger partial charge >= 0.3 is 29.6 Å². The molecule has 0 aliphatic rings. The van der Waals surface area contributed by atoms with Gasteiger partial charge in [-0.25, -0.2) is 0 Å². The van der Waals surface area contributed by atoms with Gasteiger partial charge in [-0.3, -0.25) is 0 Å². The van der Waals surface area contributed by atoms with Crippen LogP contribution in [0.1, 0.15) is 0 Å².